The van der Waals surface area contributed by atoms with E-state index in [1.807, 2.05) is 0 Å². The number of unbranched alkanes of at least 4 members (excludes halogenated alkanes) is 3. The van der Waals surface area contributed by atoms with Crippen molar-refractivity contribution in [2.24, 2.45) is 16.5 Å². The summed E-state index contributed by atoms with van der Waals surface area (Å²) in [5.41, 5.74) is 10.2. The van der Waals surface area contributed by atoms with E-state index in [1.54, 1.807) is 0 Å². The second-order valence-corrected chi connectivity index (χ2v) is 4.89. The van der Waals surface area contributed by atoms with Crippen LogP contribution in [0.2, 0.25) is 0 Å². The van der Waals surface area contributed by atoms with E-state index in [-0.39, 0.29) is 12.1 Å². The SMILES string of the molecule is NC(N)=NCCCCCCP(=O)(O)O. The first kappa shape index (κ1) is 13.4. The zero-order valence-corrected chi connectivity index (χ0v) is 8.99. The maximum Gasteiger partial charge on any atom is 0.325 e. The van der Waals surface area contributed by atoms with Crippen LogP contribution >= 0.6 is 7.60 Å². The summed E-state index contributed by atoms with van der Waals surface area (Å²) in [4.78, 5) is 20.9. The molecule has 0 unspecified atom stereocenters. The summed E-state index contributed by atoms with van der Waals surface area (Å²) in [6, 6.07) is 0. The van der Waals surface area contributed by atoms with Crippen molar-refractivity contribution in [3.05, 3.63) is 0 Å². The van der Waals surface area contributed by atoms with Crippen LogP contribution in [0.25, 0.3) is 0 Å². The minimum atomic E-state index is -3.80. The topological polar surface area (TPSA) is 122 Å². The summed E-state index contributed by atoms with van der Waals surface area (Å²) in [5, 5.41) is 0. The molecule has 84 valence electrons. The fourth-order valence-electron chi connectivity index (χ4n) is 0.991. The van der Waals surface area contributed by atoms with E-state index in [0.29, 0.717) is 13.0 Å². The third-order valence-electron chi connectivity index (χ3n) is 1.65. The Kier molecular flexibility index (Phi) is 6.53. The molecular formula is C7H18N3O3P. The molecule has 0 aliphatic rings. The monoisotopic (exact) mass is 223 g/mol. The third-order valence-corrected chi connectivity index (χ3v) is 2.55. The highest BCUT2D eigenvalue weighted by Crippen LogP contribution is 2.35. The van der Waals surface area contributed by atoms with Crippen LogP contribution in [-0.2, 0) is 4.57 Å². The summed E-state index contributed by atoms with van der Waals surface area (Å²) in [6.45, 7) is 0.582. The maximum absolute atomic E-state index is 10.4. The van der Waals surface area contributed by atoms with Crippen molar-refractivity contribution >= 4 is 13.6 Å². The van der Waals surface area contributed by atoms with Crippen LogP contribution < -0.4 is 11.5 Å². The fourth-order valence-corrected chi connectivity index (χ4v) is 1.63. The Bertz CT molecular complexity index is 222. The van der Waals surface area contributed by atoms with Gasteiger partial charge < -0.3 is 21.3 Å². The van der Waals surface area contributed by atoms with Crippen molar-refractivity contribution in [1.82, 2.24) is 0 Å². The summed E-state index contributed by atoms with van der Waals surface area (Å²) in [6.07, 6.45) is 3.04. The normalized spacial score (nSPS) is 11.3. The molecule has 0 radical (unpaired) electrons. The average molecular weight is 223 g/mol. The molecule has 0 fully saturated rings. The van der Waals surface area contributed by atoms with Gasteiger partial charge in [0.05, 0.1) is 0 Å². The van der Waals surface area contributed by atoms with Crippen LogP contribution in [0.15, 0.2) is 4.99 Å². The summed E-state index contributed by atoms with van der Waals surface area (Å²) < 4.78 is 10.4. The van der Waals surface area contributed by atoms with Gasteiger partial charge in [0.2, 0.25) is 0 Å². The molecule has 0 saturated heterocycles. The number of nitrogens with two attached hydrogens (primary N) is 2. The van der Waals surface area contributed by atoms with E-state index in [9.17, 15) is 4.57 Å². The Labute approximate surface area is 83.6 Å². The molecule has 0 spiro atoms. The van der Waals surface area contributed by atoms with Crippen molar-refractivity contribution in [2.75, 3.05) is 12.7 Å². The molecule has 0 bridgehead atoms. The number of nitrogens with zero attached hydrogens (tertiary/aromatic N) is 1. The van der Waals surface area contributed by atoms with Gasteiger partial charge in [0, 0.05) is 12.7 Å². The van der Waals surface area contributed by atoms with Gasteiger partial charge in [-0.1, -0.05) is 12.8 Å². The Morgan fingerprint density at radius 1 is 1.14 bits per heavy atom. The average Bonchev–Trinajstić information content (AvgIpc) is 2.00. The van der Waals surface area contributed by atoms with Crippen LogP contribution in [0.3, 0.4) is 0 Å². The van der Waals surface area contributed by atoms with Gasteiger partial charge in [0.25, 0.3) is 0 Å². The van der Waals surface area contributed by atoms with E-state index >= 15 is 0 Å². The van der Waals surface area contributed by atoms with Crippen LogP contribution in [0.4, 0.5) is 0 Å². The van der Waals surface area contributed by atoms with Gasteiger partial charge in [0.15, 0.2) is 5.96 Å². The van der Waals surface area contributed by atoms with Crippen molar-refractivity contribution in [2.45, 2.75) is 25.7 Å². The minimum absolute atomic E-state index is 0.0324. The number of guanidine groups is 1. The maximum atomic E-state index is 10.4. The fraction of sp³-hybridized carbons (Fsp3) is 0.857. The van der Waals surface area contributed by atoms with Crippen LogP contribution in [0.5, 0.6) is 0 Å². The van der Waals surface area contributed by atoms with Crippen molar-refractivity contribution in [3.63, 3.8) is 0 Å². The molecule has 0 amide bonds. The second kappa shape index (κ2) is 6.81. The molecule has 0 saturated carbocycles. The molecule has 0 heterocycles. The van der Waals surface area contributed by atoms with Gasteiger partial charge in [-0.15, -0.1) is 0 Å². The molecule has 0 aliphatic carbocycles. The van der Waals surface area contributed by atoms with E-state index in [0.717, 1.165) is 19.3 Å². The number of aliphatic imine (C=N–C) groups is 1. The largest absolute Gasteiger partial charge is 0.370 e. The van der Waals surface area contributed by atoms with Gasteiger partial charge in [-0.25, -0.2) is 0 Å². The van der Waals surface area contributed by atoms with Crippen LogP contribution in [-0.4, -0.2) is 28.5 Å². The lowest BCUT2D eigenvalue weighted by Gasteiger charge is -2.02. The molecule has 0 rings (SSSR count). The predicted octanol–water partition coefficient (Wildman–Crippen LogP) is -0.00210. The van der Waals surface area contributed by atoms with Crippen molar-refractivity contribution in [3.8, 4) is 0 Å². The van der Waals surface area contributed by atoms with Crippen LogP contribution in [0.1, 0.15) is 25.7 Å². The first-order chi connectivity index (χ1) is 6.42. The number of rotatable bonds is 7. The van der Waals surface area contributed by atoms with E-state index in [4.69, 9.17) is 21.3 Å². The molecule has 0 aliphatic heterocycles. The van der Waals surface area contributed by atoms with E-state index < -0.39 is 7.60 Å². The molecular weight excluding hydrogens is 205 g/mol. The van der Waals surface area contributed by atoms with Gasteiger partial charge in [-0.05, 0) is 12.8 Å². The first-order valence-corrected chi connectivity index (χ1v) is 6.31. The van der Waals surface area contributed by atoms with Crippen LogP contribution in [0, 0.1) is 0 Å². The zero-order chi connectivity index (χ0) is 11.0. The van der Waals surface area contributed by atoms with Gasteiger partial charge in [-0.3, -0.25) is 9.56 Å². The minimum Gasteiger partial charge on any atom is -0.370 e. The predicted molar refractivity (Wildman–Crippen MR) is 56.1 cm³/mol. The lowest BCUT2D eigenvalue weighted by Crippen LogP contribution is -2.22. The summed E-state index contributed by atoms with van der Waals surface area (Å²) in [5.74, 6) is 0.0835. The molecule has 0 aromatic heterocycles. The molecule has 14 heavy (non-hydrogen) atoms. The summed E-state index contributed by atoms with van der Waals surface area (Å²) in [7, 11) is -3.80. The van der Waals surface area contributed by atoms with Crippen molar-refractivity contribution < 1.29 is 14.4 Å². The van der Waals surface area contributed by atoms with Crippen molar-refractivity contribution in [1.29, 1.82) is 0 Å². The standard InChI is InChI=1S/C7H18N3O3P/c8-7(9)10-5-3-1-2-4-6-14(11,12)13/h1-6H2,(H4,8,9,10)(H2,11,12,13). The van der Waals surface area contributed by atoms with E-state index in [2.05, 4.69) is 4.99 Å². The Morgan fingerprint density at radius 3 is 2.21 bits per heavy atom. The Morgan fingerprint density at radius 2 is 1.71 bits per heavy atom. The van der Waals surface area contributed by atoms with Gasteiger partial charge >= 0.3 is 7.60 Å². The molecule has 0 aromatic rings. The quantitative estimate of drug-likeness (QED) is 0.209. The highest BCUT2D eigenvalue weighted by molar-refractivity contribution is 7.51. The van der Waals surface area contributed by atoms with Gasteiger partial charge in [-0.2, -0.15) is 0 Å². The highest BCUT2D eigenvalue weighted by Gasteiger charge is 2.10. The third kappa shape index (κ3) is 11.4. The first-order valence-electron chi connectivity index (χ1n) is 4.52. The summed E-state index contributed by atoms with van der Waals surface area (Å²) >= 11 is 0. The zero-order valence-electron chi connectivity index (χ0n) is 8.09. The smallest absolute Gasteiger partial charge is 0.325 e. The lowest BCUT2D eigenvalue weighted by molar-refractivity contribution is 0.370. The molecule has 6 N–H and O–H groups in total. The van der Waals surface area contributed by atoms with Gasteiger partial charge in [0.1, 0.15) is 0 Å². The molecule has 0 aromatic carbocycles. The number of hydrogen-bond acceptors (Lipinski definition) is 2. The Balaban J connectivity index is 3.23. The van der Waals surface area contributed by atoms with E-state index in [1.165, 1.54) is 0 Å². The molecule has 6 nitrogen and oxygen atoms in total. The lowest BCUT2D eigenvalue weighted by atomic mass is 10.2. The molecule has 0 atom stereocenters. The second-order valence-electron chi connectivity index (χ2n) is 3.11. The highest BCUT2D eigenvalue weighted by atomic mass is 31.2. The molecule has 7 heteroatoms. The Hall–Kier alpha value is -0.580. The number of hydrogen-bond donors (Lipinski definition) is 4.